The molecular weight excluding hydrogens is 370 g/mol. The molecule has 0 spiro atoms. The van der Waals surface area contributed by atoms with Crippen LogP contribution in [0.4, 0.5) is 0 Å². The predicted molar refractivity (Wildman–Crippen MR) is 112 cm³/mol. The lowest BCUT2D eigenvalue weighted by Crippen LogP contribution is -2.30. The van der Waals surface area contributed by atoms with Crippen LogP contribution in [0.25, 0.3) is 0 Å². The van der Waals surface area contributed by atoms with Crippen molar-refractivity contribution in [2.24, 2.45) is 10.2 Å². The third kappa shape index (κ3) is 6.70. The molecule has 2 heterocycles. The van der Waals surface area contributed by atoms with Gasteiger partial charge in [0, 0.05) is 14.1 Å². The molecule has 0 atom stereocenters. The minimum absolute atomic E-state index is 0.398. The van der Waals surface area contributed by atoms with E-state index in [2.05, 4.69) is 36.6 Å². The van der Waals surface area contributed by atoms with E-state index in [1.807, 2.05) is 12.1 Å². The number of hydrogen-bond donors (Lipinski definition) is 4. The highest BCUT2D eigenvalue weighted by Gasteiger charge is 2.14. The van der Waals surface area contributed by atoms with Crippen LogP contribution in [0.5, 0.6) is 0 Å². The fourth-order valence-electron chi connectivity index (χ4n) is 2.46. The molecule has 142 valence electrons. The first kappa shape index (κ1) is 20.3. The Hall–Kier alpha value is -2.04. The van der Waals surface area contributed by atoms with Crippen LogP contribution in [0.3, 0.4) is 0 Å². The Labute approximate surface area is 164 Å². The fraction of sp³-hybridized carbons (Fsp3) is 0.500. The maximum Gasteiger partial charge on any atom is 0.186 e. The highest BCUT2D eigenvalue weighted by Crippen LogP contribution is 2.15. The van der Waals surface area contributed by atoms with Crippen molar-refractivity contribution < 1.29 is 4.42 Å². The summed E-state index contributed by atoms with van der Waals surface area (Å²) in [5.74, 6) is 1.50. The fourth-order valence-corrected chi connectivity index (χ4v) is 2.56. The first-order valence-corrected chi connectivity index (χ1v) is 9.31. The summed E-state index contributed by atoms with van der Waals surface area (Å²) >= 11 is 10.0. The summed E-state index contributed by atoms with van der Waals surface area (Å²) in [7, 11) is 3.43. The number of hydrogen-bond acceptors (Lipinski definition) is 6. The van der Waals surface area contributed by atoms with Gasteiger partial charge in [-0.3, -0.25) is 15.8 Å². The predicted octanol–water partition coefficient (Wildman–Crippen LogP) is 1.14. The van der Waals surface area contributed by atoms with E-state index >= 15 is 0 Å². The Balaban J connectivity index is 2.08. The van der Waals surface area contributed by atoms with Crippen LogP contribution < -0.4 is 21.5 Å². The van der Waals surface area contributed by atoms with Crippen molar-refractivity contribution in [2.45, 2.75) is 25.8 Å². The lowest BCUT2D eigenvalue weighted by Gasteiger charge is -2.25. The zero-order valence-electron chi connectivity index (χ0n) is 15.0. The van der Waals surface area contributed by atoms with Crippen molar-refractivity contribution in [1.29, 1.82) is 0 Å². The lowest BCUT2D eigenvalue weighted by atomic mass is 10.1. The number of nitrogens with zero attached hydrogens (tertiary/aromatic N) is 3. The molecule has 1 aliphatic heterocycles. The van der Waals surface area contributed by atoms with Gasteiger partial charge in [0.2, 0.25) is 0 Å². The topological polar surface area (TPSA) is 89.2 Å². The van der Waals surface area contributed by atoms with Crippen molar-refractivity contribution >= 4 is 46.6 Å². The van der Waals surface area contributed by atoms with Crippen LogP contribution >= 0.6 is 24.4 Å². The summed E-state index contributed by atoms with van der Waals surface area (Å²) in [5.41, 5.74) is 5.93. The quantitative estimate of drug-likeness (QED) is 0.324. The summed E-state index contributed by atoms with van der Waals surface area (Å²) in [6, 6.07) is 3.85. The number of thiocarbonyl (C=S) groups is 2. The number of hydrazone groups is 2. The maximum absolute atomic E-state index is 5.95. The van der Waals surface area contributed by atoms with E-state index in [0.717, 1.165) is 25.4 Å². The average molecular weight is 396 g/mol. The molecule has 0 bridgehead atoms. The maximum atomic E-state index is 5.95. The number of rotatable bonds is 6. The van der Waals surface area contributed by atoms with Crippen LogP contribution in [0, 0.1) is 0 Å². The first-order valence-electron chi connectivity index (χ1n) is 8.50. The smallest absolute Gasteiger partial charge is 0.186 e. The van der Waals surface area contributed by atoms with Gasteiger partial charge < -0.3 is 15.1 Å². The van der Waals surface area contributed by atoms with Crippen LogP contribution in [-0.2, 0) is 6.54 Å². The molecule has 0 unspecified atom stereocenters. The van der Waals surface area contributed by atoms with Gasteiger partial charge in [0.25, 0.3) is 0 Å². The standard InChI is InChI=1S/C16H25N7OS2/c1-17-15(25)21-19-10-13(20-22-16(26)18-2)14-7-6-12(24-14)11-23-8-4-3-5-9-23/h6-7,10H,3-5,8-9,11H2,1-2H3,(H2,17,21,25)(H2,18,22,26)/b19-10+,20-13+. The Kier molecular flexibility index (Phi) is 8.45. The molecule has 10 heteroatoms. The van der Waals surface area contributed by atoms with Gasteiger partial charge in [0.15, 0.2) is 16.0 Å². The van der Waals surface area contributed by atoms with Gasteiger partial charge in [-0.2, -0.15) is 10.2 Å². The van der Waals surface area contributed by atoms with Gasteiger partial charge in [0.1, 0.15) is 11.5 Å². The Morgan fingerprint density at radius 1 is 1.12 bits per heavy atom. The van der Waals surface area contributed by atoms with Gasteiger partial charge in [0.05, 0.1) is 12.8 Å². The van der Waals surface area contributed by atoms with E-state index in [9.17, 15) is 0 Å². The van der Waals surface area contributed by atoms with E-state index in [0.29, 0.717) is 21.7 Å². The molecule has 0 aliphatic carbocycles. The van der Waals surface area contributed by atoms with Crippen molar-refractivity contribution in [2.75, 3.05) is 27.2 Å². The van der Waals surface area contributed by atoms with E-state index < -0.39 is 0 Å². The lowest BCUT2D eigenvalue weighted by molar-refractivity contribution is 0.205. The van der Waals surface area contributed by atoms with Gasteiger partial charge in [-0.15, -0.1) is 0 Å². The summed E-state index contributed by atoms with van der Waals surface area (Å²) in [5, 5.41) is 14.7. The second kappa shape index (κ2) is 10.8. The van der Waals surface area contributed by atoms with Crippen molar-refractivity contribution in [3.05, 3.63) is 23.7 Å². The molecular formula is C16H25N7OS2. The average Bonchev–Trinajstić information content (AvgIpc) is 3.12. The van der Waals surface area contributed by atoms with Gasteiger partial charge in [-0.05, 0) is 62.5 Å². The van der Waals surface area contributed by atoms with Gasteiger partial charge in [-0.25, -0.2) is 0 Å². The minimum Gasteiger partial charge on any atom is -0.458 e. The highest BCUT2D eigenvalue weighted by atomic mass is 32.1. The summed E-state index contributed by atoms with van der Waals surface area (Å²) in [6.45, 7) is 3.03. The Bertz CT molecular complexity index is 665. The van der Waals surface area contributed by atoms with Crippen LogP contribution in [0.15, 0.2) is 26.8 Å². The van der Waals surface area contributed by atoms with Crippen LogP contribution in [0.1, 0.15) is 30.8 Å². The summed E-state index contributed by atoms with van der Waals surface area (Å²) in [6.07, 6.45) is 5.33. The molecule has 1 aliphatic rings. The molecule has 0 saturated carbocycles. The second-order valence-electron chi connectivity index (χ2n) is 5.74. The first-order chi connectivity index (χ1) is 12.6. The molecule has 0 radical (unpaired) electrons. The number of nitrogens with one attached hydrogen (secondary N) is 4. The van der Waals surface area contributed by atoms with Crippen LogP contribution in [-0.4, -0.2) is 54.2 Å². The zero-order chi connectivity index (χ0) is 18.8. The molecule has 0 amide bonds. The number of piperidine rings is 1. The van der Waals surface area contributed by atoms with Crippen LogP contribution in [0.2, 0.25) is 0 Å². The molecule has 8 nitrogen and oxygen atoms in total. The highest BCUT2D eigenvalue weighted by molar-refractivity contribution is 7.80. The third-order valence-electron chi connectivity index (χ3n) is 3.83. The minimum atomic E-state index is 0.398. The second-order valence-corrected chi connectivity index (χ2v) is 6.56. The van der Waals surface area contributed by atoms with E-state index in [4.69, 9.17) is 28.9 Å². The van der Waals surface area contributed by atoms with E-state index in [1.54, 1.807) is 14.1 Å². The molecule has 1 aromatic heterocycles. The van der Waals surface area contributed by atoms with Gasteiger partial charge >= 0.3 is 0 Å². The van der Waals surface area contributed by atoms with Crippen molar-refractivity contribution in [1.82, 2.24) is 26.4 Å². The summed E-state index contributed by atoms with van der Waals surface area (Å²) < 4.78 is 5.95. The number of furan rings is 1. The SMILES string of the molecule is CNC(=S)N/N=C/C(=N\NC(=S)NC)c1ccc(CN2CCCCC2)o1. The molecule has 1 aromatic rings. The molecule has 0 aromatic carbocycles. The van der Waals surface area contributed by atoms with Crippen molar-refractivity contribution in [3.63, 3.8) is 0 Å². The van der Waals surface area contributed by atoms with E-state index in [-0.39, 0.29) is 0 Å². The molecule has 4 N–H and O–H groups in total. The monoisotopic (exact) mass is 395 g/mol. The van der Waals surface area contributed by atoms with E-state index in [1.165, 1.54) is 25.5 Å². The number of likely N-dealkylation sites (tertiary alicyclic amines) is 1. The molecule has 26 heavy (non-hydrogen) atoms. The zero-order valence-corrected chi connectivity index (χ0v) is 16.7. The molecule has 2 rings (SSSR count). The summed E-state index contributed by atoms with van der Waals surface area (Å²) in [4.78, 5) is 2.40. The Morgan fingerprint density at radius 2 is 1.81 bits per heavy atom. The van der Waals surface area contributed by atoms with Gasteiger partial charge in [-0.1, -0.05) is 6.42 Å². The largest absolute Gasteiger partial charge is 0.458 e. The molecule has 1 saturated heterocycles. The van der Waals surface area contributed by atoms with Crippen molar-refractivity contribution in [3.8, 4) is 0 Å². The third-order valence-corrected chi connectivity index (χ3v) is 4.42. The Morgan fingerprint density at radius 3 is 2.50 bits per heavy atom. The normalized spacial score (nSPS) is 15.7. The molecule has 1 fully saturated rings.